The van der Waals surface area contributed by atoms with Crippen LogP contribution in [0, 0.1) is 0 Å². The smallest absolute Gasteiger partial charge is 0.411 e. The molecule has 2 N–H and O–H groups in total. The minimum absolute atomic E-state index is 0.131. The number of nitrogens with two attached hydrogens (primary N) is 1. The van der Waals surface area contributed by atoms with Crippen molar-refractivity contribution >= 4 is 12.0 Å². The Morgan fingerprint density at radius 2 is 2.06 bits per heavy atom. The molecule has 96 valence electrons. The van der Waals surface area contributed by atoms with E-state index < -0.39 is 23.1 Å². The Labute approximate surface area is 101 Å². The van der Waals surface area contributed by atoms with Gasteiger partial charge in [0.2, 0.25) is 5.91 Å². The van der Waals surface area contributed by atoms with Crippen LogP contribution < -0.4 is 5.73 Å². The maximum atomic E-state index is 12.1. The summed E-state index contributed by atoms with van der Waals surface area (Å²) in [6.07, 6.45) is 2.84. The molecule has 0 aromatic carbocycles. The van der Waals surface area contributed by atoms with Gasteiger partial charge in [0.25, 0.3) is 0 Å². The summed E-state index contributed by atoms with van der Waals surface area (Å²) in [6.45, 7) is 5.45. The molecule has 2 atom stereocenters. The van der Waals surface area contributed by atoms with Crippen molar-refractivity contribution in [1.82, 2.24) is 4.90 Å². The molecule has 0 spiro atoms. The number of amides is 2. The summed E-state index contributed by atoms with van der Waals surface area (Å²) in [6, 6.07) is 0.131. The predicted molar refractivity (Wildman–Crippen MR) is 62.3 cm³/mol. The summed E-state index contributed by atoms with van der Waals surface area (Å²) in [5.74, 6) is -0.403. The molecule has 2 heterocycles. The van der Waals surface area contributed by atoms with Crippen molar-refractivity contribution in [2.24, 2.45) is 5.73 Å². The number of piperidine rings is 1. The van der Waals surface area contributed by atoms with Gasteiger partial charge >= 0.3 is 6.09 Å². The number of nitrogens with zero attached hydrogens (tertiary/aromatic N) is 1. The van der Waals surface area contributed by atoms with Gasteiger partial charge in [-0.3, -0.25) is 9.69 Å². The lowest BCUT2D eigenvalue weighted by atomic mass is 9.68. The van der Waals surface area contributed by atoms with Gasteiger partial charge in [-0.2, -0.15) is 0 Å². The fourth-order valence-electron chi connectivity index (χ4n) is 2.88. The highest BCUT2D eigenvalue weighted by molar-refractivity contribution is 5.91. The van der Waals surface area contributed by atoms with Crippen molar-refractivity contribution in [3.05, 3.63) is 0 Å². The van der Waals surface area contributed by atoms with Crippen molar-refractivity contribution in [1.29, 1.82) is 0 Å². The lowest BCUT2D eigenvalue weighted by molar-refractivity contribution is -0.154. The van der Waals surface area contributed by atoms with Crippen LogP contribution in [0.2, 0.25) is 0 Å². The van der Waals surface area contributed by atoms with E-state index in [1.54, 1.807) is 4.90 Å². The highest BCUT2D eigenvalue weighted by Gasteiger charge is 2.61. The summed E-state index contributed by atoms with van der Waals surface area (Å²) in [4.78, 5) is 25.2. The molecule has 1 saturated carbocycles. The fraction of sp³-hybridized carbons (Fsp3) is 0.833. The number of hydrogen-bond acceptors (Lipinski definition) is 3. The lowest BCUT2D eigenvalue weighted by Gasteiger charge is -2.59. The number of ether oxygens (including phenoxy) is 1. The van der Waals surface area contributed by atoms with Gasteiger partial charge in [-0.15, -0.1) is 0 Å². The topological polar surface area (TPSA) is 72.6 Å². The number of primary amides is 1. The highest BCUT2D eigenvalue weighted by Crippen LogP contribution is 2.47. The summed E-state index contributed by atoms with van der Waals surface area (Å²) < 4.78 is 5.33. The zero-order valence-electron chi connectivity index (χ0n) is 10.7. The number of carbonyl (C=O) groups excluding carboxylic acids is 2. The number of fused-ring (bicyclic) bond motifs is 2. The predicted octanol–water partition coefficient (Wildman–Crippen LogP) is 1.40. The molecule has 2 amide bonds. The van der Waals surface area contributed by atoms with Crippen LogP contribution in [-0.2, 0) is 9.53 Å². The third-order valence-electron chi connectivity index (χ3n) is 3.58. The zero-order valence-corrected chi connectivity index (χ0v) is 10.7. The van der Waals surface area contributed by atoms with E-state index in [4.69, 9.17) is 10.5 Å². The highest BCUT2D eigenvalue weighted by atomic mass is 16.6. The molecule has 3 fully saturated rings. The van der Waals surface area contributed by atoms with Crippen molar-refractivity contribution in [3.63, 3.8) is 0 Å². The molecule has 0 radical (unpaired) electrons. The van der Waals surface area contributed by atoms with Gasteiger partial charge in [0.15, 0.2) is 0 Å². The lowest BCUT2D eigenvalue weighted by Crippen LogP contribution is -2.75. The van der Waals surface area contributed by atoms with Gasteiger partial charge in [0.05, 0.1) is 0 Å². The number of rotatable bonds is 1. The first kappa shape index (κ1) is 12.2. The second-order valence-electron chi connectivity index (χ2n) is 6.00. The maximum Gasteiger partial charge on any atom is 0.411 e. The van der Waals surface area contributed by atoms with Gasteiger partial charge in [-0.25, -0.2) is 4.79 Å². The SMILES string of the molecule is CC(C)(C)OC(=O)N1C2CCCC1(C(N)=O)C2. The minimum atomic E-state index is -0.773. The molecule has 2 aliphatic heterocycles. The minimum Gasteiger partial charge on any atom is -0.444 e. The molecule has 2 bridgehead atoms. The van der Waals surface area contributed by atoms with Crippen LogP contribution in [0.3, 0.4) is 0 Å². The van der Waals surface area contributed by atoms with E-state index >= 15 is 0 Å². The molecular formula is C12H20N2O3. The van der Waals surface area contributed by atoms with Crippen molar-refractivity contribution in [2.75, 3.05) is 0 Å². The molecule has 3 aliphatic rings. The maximum absolute atomic E-state index is 12.1. The van der Waals surface area contributed by atoms with Crippen molar-refractivity contribution in [2.45, 2.75) is 63.6 Å². The van der Waals surface area contributed by atoms with E-state index in [2.05, 4.69) is 0 Å². The first-order chi connectivity index (χ1) is 7.76. The van der Waals surface area contributed by atoms with Gasteiger partial charge in [0.1, 0.15) is 11.1 Å². The standard InChI is InChI=1S/C12H20N2O3/c1-11(2,3)17-10(16)14-8-5-4-6-12(14,7-8)9(13)15/h8H,4-7H2,1-3H3,(H2,13,15). The van der Waals surface area contributed by atoms with Gasteiger partial charge < -0.3 is 10.5 Å². The van der Waals surface area contributed by atoms with Crippen LogP contribution in [0.5, 0.6) is 0 Å². The Bertz CT molecular complexity index is 357. The first-order valence-corrected chi connectivity index (χ1v) is 6.08. The van der Waals surface area contributed by atoms with Crippen LogP contribution >= 0.6 is 0 Å². The molecule has 0 aromatic heterocycles. The summed E-state index contributed by atoms with van der Waals surface area (Å²) in [5, 5.41) is 0. The Balaban J connectivity index is 2.15. The van der Waals surface area contributed by atoms with E-state index in [-0.39, 0.29) is 6.04 Å². The second-order valence-corrected chi connectivity index (χ2v) is 6.00. The monoisotopic (exact) mass is 240 g/mol. The summed E-state index contributed by atoms with van der Waals surface area (Å²) in [5.41, 5.74) is 4.13. The van der Waals surface area contributed by atoms with E-state index in [9.17, 15) is 9.59 Å². The Hall–Kier alpha value is -1.26. The van der Waals surface area contributed by atoms with E-state index in [0.717, 1.165) is 12.8 Å². The molecule has 0 aromatic rings. The number of hydrogen-bond donors (Lipinski definition) is 1. The fourth-order valence-corrected chi connectivity index (χ4v) is 2.88. The van der Waals surface area contributed by atoms with Gasteiger partial charge in [-0.05, 0) is 40.0 Å². The second kappa shape index (κ2) is 3.62. The van der Waals surface area contributed by atoms with E-state index in [0.29, 0.717) is 12.8 Å². The normalized spacial score (nSPS) is 31.7. The quantitative estimate of drug-likeness (QED) is 0.753. The Morgan fingerprint density at radius 1 is 1.41 bits per heavy atom. The first-order valence-electron chi connectivity index (χ1n) is 6.08. The van der Waals surface area contributed by atoms with Gasteiger partial charge in [-0.1, -0.05) is 0 Å². The molecule has 17 heavy (non-hydrogen) atoms. The average Bonchev–Trinajstić information content (AvgIpc) is 2.14. The molecule has 5 heteroatoms. The summed E-state index contributed by atoms with van der Waals surface area (Å²) in [7, 11) is 0. The average molecular weight is 240 g/mol. The van der Waals surface area contributed by atoms with E-state index in [1.807, 2.05) is 20.8 Å². The van der Waals surface area contributed by atoms with Crippen LogP contribution in [0.15, 0.2) is 0 Å². The Kier molecular flexibility index (Phi) is 2.60. The molecule has 5 nitrogen and oxygen atoms in total. The van der Waals surface area contributed by atoms with Crippen LogP contribution in [0.4, 0.5) is 4.79 Å². The molecular weight excluding hydrogens is 220 g/mol. The van der Waals surface area contributed by atoms with Crippen LogP contribution in [0.1, 0.15) is 46.5 Å². The molecule has 2 saturated heterocycles. The molecule has 2 unspecified atom stereocenters. The van der Waals surface area contributed by atoms with E-state index in [1.165, 1.54) is 0 Å². The third kappa shape index (κ3) is 1.87. The van der Waals surface area contributed by atoms with Crippen LogP contribution in [0.25, 0.3) is 0 Å². The van der Waals surface area contributed by atoms with Crippen molar-refractivity contribution in [3.8, 4) is 0 Å². The summed E-state index contributed by atoms with van der Waals surface area (Å²) >= 11 is 0. The molecule has 1 aliphatic carbocycles. The molecule has 3 rings (SSSR count). The Morgan fingerprint density at radius 3 is 2.53 bits per heavy atom. The van der Waals surface area contributed by atoms with Crippen LogP contribution in [-0.4, -0.2) is 34.1 Å². The zero-order chi connectivity index (χ0) is 12.8. The van der Waals surface area contributed by atoms with Crippen molar-refractivity contribution < 1.29 is 14.3 Å². The van der Waals surface area contributed by atoms with Gasteiger partial charge in [0, 0.05) is 12.5 Å². The largest absolute Gasteiger partial charge is 0.444 e. The number of carbonyl (C=O) groups is 2. The third-order valence-corrected chi connectivity index (χ3v) is 3.58.